The van der Waals surface area contributed by atoms with Crippen molar-refractivity contribution in [2.45, 2.75) is 51.0 Å². The van der Waals surface area contributed by atoms with E-state index in [1.807, 2.05) is 0 Å². The van der Waals surface area contributed by atoms with Crippen LogP contribution in [0.1, 0.15) is 41.0 Å². The smallest absolute Gasteiger partial charge is 0.319 e. The predicted octanol–water partition coefficient (Wildman–Crippen LogP) is 2.13. The first-order valence-corrected chi connectivity index (χ1v) is 6.73. The van der Waals surface area contributed by atoms with Crippen molar-refractivity contribution >= 4 is 23.6 Å². The predicted molar refractivity (Wildman–Crippen MR) is 71.2 cm³/mol. The number of carbonyl (C=O) groups is 2. The van der Waals surface area contributed by atoms with Crippen molar-refractivity contribution in [1.82, 2.24) is 5.32 Å². The summed E-state index contributed by atoms with van der Waals surface area (Å²) in [5.74, 6) is -0.442. The third kappa shape index (κ3) is 6.56. The van der Waals surface area contributed by atoms with Gasteiger partial charge in [0, 0.05) is 6.54 Å². The summed E-state index contributed by atoms with van der Waals surface area (Å²) in [6.07, 6.45) is 0.936. The molecule has 0 aromatic rings. The van der Waals surface area contributed by atoms with Gasteiger partial charge in [0.25, 0.3) is 0 Å². The number of hydrogen-bond acceptors (Lipinski definition) is 3. The molecule has 0 aliphatic carbocycles. The van der Waals surface area contributed by atoms with Gasteiger partial charge in [0.05, 0.1) is 5.25 Å². The third-order valence-corrected chi connectivity index (χ3v) is 3.71. The second-order valence-electron chi connectivity index (χ2n) is 5.05. The Kier molecular flexibility index (Phi) is 6.60. The van der Waals surface area contributed by atoms with E-state index >= 15 is 0 Å². The standard InChI is InChI=1S/C12H23NO3S/c1-8(2)6-7-13-10(14)9(3)17-12(4,5)11(15)16/h8-9H,6-7H2,1-5H3,(H,13,14)(H,15,16). The normalized spacial score (nSPS) is 13.5. The minimum Gasteiger partial charge on any atom is -0.480 e. The van der Waals surface area contributed by atoms with Gasteiger partial charge >= 0.3 is 5.97 Å². The van der Waals surface area contributed by atoms with Crippen LogP contribution in [0.2, 0.25) is 0 Å². The minimum absolute atomic E-state index is 0.0926. The van der Waals surface area contributed by atoms with Crippen LogP contribution in [0.25, 0.3) is 0 Å². The lowest BCUT2D eigenvalue weighted by atomic mass is 10.1. The number of hydrogen-bond donors (Lipinski definition) is 2. The molecule has 0 rings (SSSR count). The fraction of sp³-hybridized carbons (Fsp3) is 0.833. The number of amides is 1. The summed E-state index contributed by atoms with van der Waals surface area (Å²) >= 11 is 1.17. The highest BCUT2D eigenvalue weighted by molar-refractivity contribution is 8.02. The highest BCUT2D eigenvalue weighted by atomic mass is 32.2. The van der Waals surface area contributed by atoms with E-state index < -0.39 is 10.7 Å². The van der Waals surface area contributed by atoms with Gasteiger partial charge in [-0.2, -0.15) is 0 Å². The molecule has 0 saturated carbocycles. The van der Waals surface area contributed by atoms with Crippen LogP contribution >= 0.6 is 11.8 Å². The Labute approximate surface area is 108 Å². The Balaban J connectivity index is 4.10. The molecule has 0 fully saturated rings. The second-order valence-corrected chi connectivity index (χ2v) is 7.01. The summed E-state index contributed by atoms with van der Waals surface area (Å²) in [4.78, 5) is 22.6. The van der Waals surface area contributed by atoms with Crippen LogP contribution < -0.4 is 5.32 Å². The lowest BCUT2D eigenvalue weighted by Crippen LogP contribution is -2.37. The van der Waals surface area contributed by atoms with E-state index in [-0.39, 0.29) is 11.2 Å². The number of nitrogens with one attached hydrogen (secondary N) is 1. The first-order chi connectivity index (χ1) is 7.66. The summed E-state index contributed by atoms with van der Waals surface area (Å²) in [6.45, 7) is 9.79. The molecule has 1 unspecified atom stereocenters. The molecule has 0 heterocycles. The van der Waals surface area contributed by atoms with Gasteiger partial charge in [0.1, 0.15) is 4.75 Å². The van der Waals surface area contributed by atoms with Gasteiger partial charge in [0.2, 0.25) is 5.91 Å². The highest BCUT2D eigenvalue weighted by Gasteiger charge is 2.32. The summed E-state index contributed by atoms with van der Waals surface area (Å²) in [7, 11) is 0. The molecule has 0 aliphatic rings. The molecular formula is C12H23NO3S. The van der Waals surface area contributed by atoms with E-state index in [1.165, 1.54) is 11.8 Å². The van der Waals surface area contributed by atoms with E-state index in [0.29, 0.717) is 12.5 Å². The van der Waals surface area contributed by atoms with Crippen molar-refractivity contribution in [3.8, 4) is 0 Å². The van der Waals surface area contributed by atoms with Crippen LogP contribution in [0.4, 0.5) is 0 Å². The molecule has 100 valence electrons. The fourth-order valence-corrected chi connectivity index (χ4v) is 2.35. The largest absolute Gasteiger partial charge is 0.480 e. The Bertz CT molecular complexity index is 277. The molecule has 4 nitrogen and oxygen atoms in total. The van der Waals surface area contributed by atoms with Crippen molar-refractivity contribution in [3.05, 3.63) is 0 Å². The Morgan fingerprint density at radius 3 is 2.24 bits per heavy atom. The van der Waals surface area contributed by atoms with Crippen LogP contribution in [0.5, 0.6) is 0 Å². The number of aliphatic carboxylic acids is 1. The fourth-order valence-electron chi connectivity index (χ4n) is 1.17. The Hall–Kier alpha value is -0.710. The first kappa shape index (κ1) is 16.3. The van der Waals surface area contributed by atoms with Gasteiger partial charge in [0.15, 0.2) is 0 Å². The molecule has 5 heteroatoms. The molecule has 0 saturated heterocycles. The quantitative estimate of drug-likeness (QED) is 0.737. The summed E-state index contributed by atoms with van der Waals surface area (Å²) < 4.78 is -0.936. The molecular weight excluding hydrogens is 238 g/mol. The van der Waals surface area contributed by atoms with E-state index in [0.717, 1.165) is 6.42 Å². The van der Waals surface area contributed by atoms with Crippen LogP contribution in [0.15, 0.2) is 0 Å². The maximum atomic E-state index is 11.7. The maximum Gasteiger partial charge on any atom is 0.319 e. The van der Waals surface area contributed by atoms with Gasteiger partial charge in [-0.25, -0.2) is 0 Å². The van der Waals surface area contributed by atoms with E-state index in [4.69, 9.17) is 5.11 Å². The Morgan fingerprint density at radius 2 is 1.82 bits per heavy atom. The molecule has 0 aromatic carbocycles. The van der Waals surface area contributed by atoms with Crippen LogP contribution in [-0.4, -0.2) is 33.5 Å². The van der Waals surface area contributed by atoms with E-state index in [9.17, 15) is 9.59 Å². The number of carboxylic acid groups (broad SMARTS) is 1. The zero-order valence-electron chi connectivity index (χ0n) is 11.2. The molecule has 2 N–H and O–H groups in total. The average molecular weight is 261 g/mol. The minimum atomic E-state index is -0.936. The molecule has 0 bridgehead atoms. The van der Waals surface area contributed by atoms with Crippen LogP contribution in [-0.2, 0) is 9.59 Å². The number of rotatable bonds is 7. The molecule has 1 atom stereocenters. The van der Waals surface area contributed by atoms with Crippen molar-refractivity contribution in [2.24, 2.45) is 5.92 Å². The van der Waals surface area contributed by atoms with Crippen molar-refractivity contribution in [2.75, 3.05) is 6.54 Å². The molecule has 17 heavy (non-hydrogen) atoms. The average Bonchev–Trinajstić information content (AvgIpc) is 2.15. The Morgan fingerprint density at radius 1 is 1.29 bits per heavy atom. The van der Waals surface area contributed by atoms with Gasteiger partial charge < -0.3 is 10.4 Å². The monoisotopic (exact) mass is 261 g/mol. The van der Waals surface area contributed by atoms with Crippen LogP contribution in [0, 0.1) is 5.92 Å². The highest BCUT2D eigenvalue weighted by Crippen LogP contribution is 2.28. The van der Waals surface area contributed by atoms with Crippen molar-refractivity contribution in [3.63, 3.8) is 0 Å². The summed E-state index contributed by atoms with van der Waals surface area (Å²) in [5, 5.41) is 11.4. The van der Waals surface area contributed by atoms with Gasteiger partial charge in [-0.3, -0.25) is 9.59 Å². The molecule has 0 radical (unpaired) electrons. The second kappa shape index (κ2) is 6.89. The van der Waals surface area contributed by atoms with E-state index in [1.54, 1.807) is 20.8 Å². The summed E-state index contributed by atoms with van der Waals surface area (Å²) in [5.41, 5.74) is 0. The van der Waals surface area contributed by atoms with Crippen molar-refractivity contribution < 1.29 is 14.7 Å². The van der Waals surface area contributed by atoms with Gasteiger partial charge in [-0.1, -0.05) is 13.8 Å². The van der Waals surface area contributed by atoms with E-state index in [2.05, 4.69) is 19.2 Å². The van der Waals surface area contributed by atoms with Gasteiger partial charge in [-0.15, -0.1) is 11.8 Å². The van der Waals surface area contributed by atoms with Crippen molar-refractivity contribution in [1.29, 1.82) is 0 Å². The maximum absolute atomic E-state index is 11.7. The number of thioether (sulfide) groups is 1. The topological polar surface area (TPSA) is 66.4 Å². The van der Waals surface area contributed by atoms with Gasteiger partial charge in [-0.05, 0) is 33.1 Å². The first-order valence-electron chi connectivity index (χ1n) is 5.85. The number of carboxylic acids is 1. The third-order valence-electron chi connectivity index (χ3n) is 2.38. The van der Waals surface area contributed by atoms with Crippen LogP contribution in [0.3, 0.4) is 0 Å². The molecule has 0 spiro atoms. The molecule has 1 amide bonds. The summed E-state index contributed by atoms with van der Waals surface area (Å²) in [6, 6.07) is 0. The number of carbonyl (C=O) groups excluding carboxylic acids is 1. The lowest BCUT2D eigenvalue weighted by Gasteiger charge is -2.22. The zero-order chi connectivity index (χ0) is 13.6. The molecule has 0 aliphatic heterocycles. The SMILES string of the molecule is CC(C)CCNC(=O)C(C)SC(C)(C)C(=O)O. The molecule has 0 aromatic heterocycles. The zero-order valence-corrected chi connectivity index (χ0v) is 12.1. The lowest BCUT2D eigenvalue weighted by molar-refractivity contribution is -0.138.